The Labute approximate surface area is 97.5 Å². The number of rotatable bonds is 1. The second kappa shape index (κ2) is 4.32. The Morgan fingerprint density at radius 3 is 1.92 bits per heavy atom. The first-order valence-electron chi connectivity index (χ1n) is 3.04. The second-order valence-corrected chi connectivity index (χ2v) is 9.60. The van der Waals surface area contributed by atoms with Gasteiger partial charge < -0.3 is 0 Å². The van der Waals surface area contributed by atoms with Gasteiger partial charge in [-0.3, -0.25) is 4.57 Å². The van der Waals surface area contributed by atoms with Crippen LogP contribution in [0.5, 0.6) is 0 Å². The van der Waals surface area contributed by atoms with Crippen molar-refractivity contribution in [3.8, 4) is 0 Å². The Morgan fingerprint density at radius 1 is 1.08 bits per heavy atom. The van der Waals surface area contributed by atoms with Gasteiger partial charge in [0, 0.05) is 5.30 Å². The second-order valence-electron chi connectivity index (χ2n) is 2.14. The monoisotopic (exact) mass is 372 g/mol. The van der Waals surface area contributed by atoms with Crippen molar-refractivity contribution in [3.05, 3.63) is 29.8 Å². The summed E-state index contributed by atoms with van der Waals surface area (Å²) in [4.78, 5) is 0. The minimum absolute atomic E-state index is 0.0530. The van der Waals surface area contributed by atoms with Gasteiger partial charge in [0.25, 0.3) is 0 Å². The Bertz CT molecular complexity index is 278. The van der Waals surface area contributed by atoms with E-state index in [0.717, 1.165) is 10.9 Å². The van der Waals surface area contributed by atoms with Crippen molar-refractivity contribution in [1.82, 2.24) is 0 Å². The molecule has 0 aliphatic heterocycles. The van der Waals surface area contributed by atoms with Crippen molar-refractivity contribution in [2.24, 2.45) is 0 Å². The van der Waals surface area contributed by atoms with Gasteiger partial charge in [-0.2, -0.15) is 0 Å². The quantitative estimate of drug-likeness (QED) is 0.538. The fourth-order valence-electron chi connectivity index (χ4n) is 0.711. The average molecular weight is 375 g/mol. The average Bonchev–Trinajstić information content (AvgIpc) is 2.03. The Hall–Kier alpha value is 0.760. The summed E-state index contributed by atoms with van der Waals surface area (Å²) in [6.45, 7) is 0. The number of halogens is 3. The van der Waals surface area contributed by atoms with Crippen molar-refractivity contribution in [2.75, 3.05) is 0 Å². The van der Waals surface area contributed by atoms with E-state index < -0.39 is 0 Å². The lowest BCUT2D eigenvalue weighted by molar-refractivity contribution is 0.603. The van der Waals surface area contributed by atoms with Crippen molar-refractivity contribution in [1.29, 1.82) is 0 Å². The van der Waals surface area contributed by atoms with Gasteiger partial charge in [-0.15, -0.1) is 0 Å². The lowest BCUT2D eigenvalue weighted by Gasteiger charge is -2.11. The highest BCUT2D eigenvalue weighted by atomic mass is 80.0. The molecule has 0 spiro atoms. The van der Waals surface area contributed by atoms with Crippen LogP contribution in [0.3, 0.4) is 0 Å². The van der Waals surface area contributed by atoms with E-state index in [1.807, 2.05) is 24.3 Å². The summed E-state index contributed by atoms with van der Waals surface area (Å²) in [5.41, 5.74) is 1.02. The highest BCUT2D eigenvalue weighted by Gasteiger charge is 2.19. The van der Waals surface area contributed by atoms with Crippen molar-refractivity contribution in [2.45, 2.75) is 2.14 Å². The molecule has 0 aromatic heterocycles. The molecule has 0 aliphatic carbocycles. The maximum absolute atomic E-state index is 10.4. The van der Waals surface area contributed by atoms with Crippen molar-refractivity contribution < 1.29 is 4.57 Å². The molecule has 5 heteroatoms. The highest BCUT2D eigenvalue weighted by molar-refractivity contribution is 9.38. The van der Waals surface area contributed by atoms with E-state index in [1.165, 1.54) is 0 Å². The lowest BCUT2D eigenvalue weighted by Crippen LogP contribution is -1.99. The molecular weight excluding hydrogens is 371 g/mol. The van der Waals surface area contributed by atoms with Gasteiger partial charge in [0.05, 0.1) is 0 Å². The van der Waals surface area contributed by atoms with Crippen LogP contribution in [-0.4, -0.2) is 0 Å². The van der Waals surface area contributed by atoms with Gasteiger partial charge >= 0.3 is 0 Å². The maximum Gasteiger partial charge on any atom is 0.192 e. The summed E-state index contributed by atoms with van der Waals surface area (Å²) < 4.78 is 10.0. The molecule has 1 nitrogen and oxygen atoms in total. The first kappa shape index (κ1) is 10.8. The van der Waals surface area contributed by atoms with Gasteiger partial charge in [0.1, 0.15) is 0 Å². The number of alkyl halides is 3. The van der Waals surface area contributed by atoms with Crippen LogP contribution in [0.4, 0.5) is 0 Å². The zero-order chi connectivity index (χ0) is 9.19. The van der Waals surface area contributed by atoms with Crippen LogP contribution in [0.1, 0.15) is 5.56 Å². The van der Waals surface area contributed by atoms with Crippen LogP contribution in [0.2, 0.25) is 0 Å². The topological polar surface area (TPSA) is 17.1 Å². The molecule has 0 bridgehead atoms. The molecular formula is C7H4Br3OP. The maximum atomic E-state index is 10.4. The van der Waals surface area contributed by atoms with Crippen LogP contribution < -0.4 is 5.30 Å². The minimum Gasteiger partial charge on any atom is -0.269 e. The summed E-state index contributed by atoms with van der Waals surface area (Å²) in [5.74, 6) is 0. The summed E-state index contributed by atoms with van der Waals surface area (Å²) in [6, 6.07) is 7.39. The summed E-state index contributed by atoms with van der Waals surface area (Å²) in [6.07, 6.45) is 0. The van der Waals surface area contributed by atoms with Crippen LogP contribution in [0.25, 0.3) is 0 Å². The predicted octanol–water partition coefficient (Wildman–Crippen LogP) is 3.90. The third-order valence-electron chi connectivity index (χ3n) is 1.30. The molecule has 0 amide bonds. The zero-order valence-electron chi connectivity index (χ0n) is 5.80. The first-order valence-corrected chi connectivity index (χ1v) is 6.24. The molecule has 0 fully saturated rings. The largest absolute Gasteiger partial charge is 0.269 e. The van der Waals surface area contributed by atoms with E-state index in [2.05, 4.69) is 47.8 Å². The summed E-state index contributed by atoms with van der Waals surface area (Å²) in [7, 11) is 0.0530. The third kappa shape index (κ3) is 2.91. The van der Waals surface area contributed by atoms with Crippen molar-refractivity contribution in [3.63, 3.8) is 0 Å². The zero-order valence-corrected chi connectivity index (χ0v) is 11.5. The Morgan fingerprint density at radius 2 is 1.58 bits per heavy atom. The molecule has 1 aromatic rings. The molecule has 0 atom stereocenters. The van der Waals surface area contributed by atoms with Crippen molar-refractivity contribution >= 4 is 61.6 Å². The SMILES string of the molecule is O=Pc1ccc(C(Br)(Br)Br)cc1. The molecule has 64 valence electrons. The van der Waals surface area contributed by atoms with E-state index in [-0.39, 0.29) is 10.6 Å². The normalized spacial score (nSPS) is 11.9. The van der Waals surface area contributed by atoms with Gasteiger partial charge in [0.15, 0.2) is 10.6 Å². The van der Waals surface area contributed by atoms with Gasteiger partial charge in [-0.25, -0.2) is 0 Å². The van der Waals surface area contributed by atoms with E-state index in [4.69, 9.17) is 0 Å². The third-order valence-corrected chi connectivity index (χ3v) is 3.18. The fraction of sp³-hybridized carbons (Fsp3) is 0.143. The molecule has 0 N–H and O–H groups in total. The van der Waals surface area contributed by atoms with E-state index in [9.17, 15) is 4.57 Å². The van der Waals surface area contributed by atoms with E-state index in [0.29, 0.717) is 0 Å². The molecule has 0 radical (unpaired) electrons. The van der Waals surface area contributed by atoms with E-state index in [1.54, 1.807) is 0 Å². The molecule has 12 heavy (non-hydrogen) atoms. The Balaban J connectivity index is 3.00. The van der Waals surface area contributed by atoms with Gasteiger partial charge in [-0.05, 0) is 17.7 Å². The molecule has 1 aromatic carbocycles. The molecule has 0 aliphatic rings. The molecule has 0 saturated carbocycles. The smallest absolute Gasteiger partial charge is 0.192 e. The fourth-order valence-corrected chi connectivity index (χ4v) is 1.78. The predicted molar refractivity (Wildman–Crippen MR) is 62.1 cm³/mol. The lowest BCUT2D eigenvalue weighted by atomic mass is 10.2. The number of hydrogen-bond donors (Lipinski definition) is 0. The standard InChI is InChI=1S/C7H4Br3OP/c8-7(9,10)5-1-3-6(12-11)4-2-5/h1-4H. The van der Waals surface area contributed by atoms with Crippen LogP contribution in [-0.2, 0) is 6.71 Å². The highest BCUT2D eigenvalue weighted by Crippen LogP contribution is 2.43. The van der Waals surface area contributed by atoms with E-state index >= 15 is 0 Å². The van der Waals surface area contributed by atoms with Gasteiger partial charge in [-0.1, -0.05) is 59.9 Å². The van der Waals surface area contributed by atoms with Gasteiger partial charge in [0.2, 0.25) is 0 Å². The summed E-state index contributed by atoms with van der Waals surface area (Å²) >= 11 is 10.2. The molecule has 1 rings (SSSR count). The summed E-state index contributed by atoms with van der Waals surface area (Å²) in [5, 5.41) is 0.774. The van der Waals surface area contributed by atoms with Crippen LogP contribution in [0, 0.1) is 0 Å². The van der Waals surface area contributed by atoms with Crippen LogP contribution in [0.15, 0.2) is 24.3 Å². The first-order chi connectivity index (χ1) is 5.54. The van der Waals surface area contributed by atoms with Crippen LogP contribution >= 0.6 is 56.2 Å². The Kier molecular flexibility index (Phi) is 3.90. The molecule has 0 heterocycles. The number of hydrogen-bond acceptors (Lipinski definition) is 1. The molecule has 0 saturated heterocycles. The number of benzene rings is 1. The molecule has 0 unspecified atom stereocenters. The minimum atomic E-state index is -0.384.